The first-order valence-electron chi connectivity index (χ1n) is 7.41. The van der Waals surface area contributed by atoms with Crippen LogP contribution in [0, 0.1) is 5.92 Å². The number of benzene rings is 1. The number of nitrogens with one attached hydrogen (secondary N) is 1. The minimum absolute atomic E-state index is 0.120. The van der Waals surface area contributed by atoms with E-state index in [9.17, 15) is 4.79 Å². The first kappa shape index (κ1) is 15.6. The van der Waals surface area contributed by atoms with Crippen LogP contribution in [-0.4, -0.2) is 32.7 Å². The van der Waals surface area contributed by atoms with Gasteiger partial charge >= 0.3 is 0 Å². The first-order chi connectivity index (χ1) is 10.1. The van der Waals surface area contributed by atoms with Gasteiger partial charge in [-0.25, -0.2) is 0 Å². The maximum atomic E-state index is 12.3. The van der Waals surface area contributed by atoms with Crippen LogP contribution in [-0.2, 0) is 0 Å². The lowest BCUT2D eigenvalue weighted by atomic mass is 9.85. The molecule has 0 bridgehead atoms. The Bertz CT molecular complexity index is 468. The van der Waals surface area contributed by atoms with Crippen molar-refractivity contribution < 1.29 is 14.3 Å². The molecule has 1 fully saturated rings. The maximum absolute atomic E-state index is 12.3. The van der Waals surface area contributed by atoms with Crippen molar-refractivity contribution in [3.8, 4) is 11.5 Å². The van der Waals surface area contributed by atoms with Gasteiger partial charge < -0.3 is 20.5 Å². The quantitative estimate of drug-likeness (QED) is 0.870. The SMILES string of the molecule is COc1cc(OC)cc(C(=O)NCC2CCCCC2N)c1. The summed E-state index contributed by atoms with van der Waals surface area (Å²) in [7, 11) is 3.13. The van der Waals surface area contributed by atoms with E-state index in [0.717, 1.165) is 12.8 Å². The lowest BCUT2D eigenvalue weighted by Crippen LogP contribution is -2.41. The molecule has 116 valence electrons. The zero-order chi connectivity index (χ0) is 15.2. The smallest absolute Gasteiger partial charge is 0.251 e. The molecule has 1 aliphatic rings. The zero-order valence-corrected chi connectivity index (χ0v) is 12.7. The van der Waals surface area contributed by atoms with Crippen LogP contribution in [0.4, 0.5) is 0 Å². The van der Waals surface area contributed by atoms with Crippen molar-refractivity contribution >= 4 is 5.91 Å². The number of carbonyl (C=O) groups is 1. The van der Waals surface area contributed by atoms with Gasteiger partial charge in [-0.2, -0.15) is 0 Å². The number of ether oxygens (including phenoxy) is 2. The number of methoxy groups -OCH3 is 2. The molecule has 5 nitrogen and oxygen atoms in total. The fourth-order valence-corrected chi connectivity index (χ4v) is 2.75. The third-order valence-electron chi connectivity index (χ3n) is 4.11. The summed E-state index contributed by atoms with van der Waals surface area (Å²) in [5, 5.41) is 2.97. The Morgan fingerprint density at radius 3 is 2.38 bits per heavy atom. The Morgan fingerprint density at radius 2 is 1.81 bits per heavy atom. The van der Waals surface area contributed by atoms with Crippen molar-refractivity contribution in [1.29, 1.82) is 0 Å². The second-order valence-corrected chi connectivity index (χ2v) is 5.52. The number of carbonyl (C=O) groups excluding carboxylic acids is 1. The molecule has 2 atom stereocenters. The van der Waals surface area contributed by atoms with E-state index < -0.39 is 0 Å². The van der Waals surface area contributed by atoms with E-state index in [2.05, 4.69) is 5.32 Å². The van der Waals surface area contributed by atoms with Gasteiger partial charge in [-0.1, -0.05) is 12.8 Å². The Labute approximate surface area is 125 Å². The van der Waals surface area contributed by atoms with E-state index in [1.165, 1.54) is 12.8 Å². The number of amides is 1. The molecule has 0 aromatic heterocycles. The van der Waals surface area contributed by atoms with Crippen molar-refractivity contribution in [2.45, 2.75) is 31.7 Å². The summed E-state index contributed by atoms with van der Waals surface area (Å²) in [6.45, 7) is 0.625. The molecule has 1 saturated carbocycles. The minimum atomic E-state index is -0.120. The molecule has 0 radical (unpaired) electrons. The molecule has 0 spiro atoms. The third kappa shape index (κ3) is 4.11. The number of hydrogen-bond donors (Lipinski definition) is 2. The Kier molecular flexibility index (Phi) is 5.44. The lowest BCUT2D eigenvalue weighted by molar-refractivity contribution is 0.0940. The van der Waals surface area contributed by atoms with Crippen LogP contribution in [0.5, 0.6) is 11.5 Å². The highest BCUT2D eigenvalue weighted by Crippen LogP contribution is 2.24. The molecule has 1 amide bonds. The van der Waals surface area contributed by atoms with E-state index in [-0.39, 0.29) is 11.9 Å². The van der Waals surface area contributed by atoms with Gasteiger partial charge in [0.1, 0.15) is 11.5 Å². The number of hydrogen-bond acceptors (Lipinski definition) is 4. The maximum Gasteiger partial charge on any atom is 0.251 e. The highest BCUT2D eigenvalue weighted by Gasteiger charge is 2.22. The standard InChI is InChI=1S/C16H24N2O3/c1-20-13-7-12(8-14(9-13)21-2)16(19)18-10-11-5-3-4-6-15(11)17/h7-9,11,15H,3-6,10,17H2,1-2H3,(H,18,19). The predicted octanol–water partition coefficient (Wildman–Crippen LogP) is 1.95. The minimum Gasteiger partial charge on any atom is -0.497 e. The summed E-state index contributed by atoms with van der Waals surface area (Å²) in [6, 6.07) is 5.35. The molecular weight excluding hydrogens is 268 g/mol. The normalized spacial score (nSPS) is 21.7. The van der Waals surface area contributed by atoms with E-state index >= 15 is 0 Å². The van der Waals surface area contributed by atoms with Gasteiger partial charge in [0.15, 0.2) is 0 Å². The van der Waals surface area contributed by atoms with Gasteiger partial charge in [0.05, 0.1) is 14.2 Å². The summed E-state index contributed by atoms with van der Waals surface area (Å²) in [5.74, 6) is 1.46. The fourth-order valence-electron chi connectivity index (χ4n) is 2.75. The van der Waals surface area contributed by atoms with Crippen molar-refractivity contribution in [2.75, 3.05) is 20.8 Å². The summed E-state index contributed by atoms with van der Waals surface area (Å²) < 4.78 is 10.4. The van der Waals surface area contributed by atoms with Gasteiger partial charge in [0.25, 0.3) is 5.91 Å². The Morgan fingerprint density at radius 1 is 1.19 bits per heavy atom. The van der Waals surface area contributed by atoms with Gasteiger partial charge in [-0.05, 0) is 30.9 Å². The summed E-state index contributed by atoms with van der Waals surface area (Å²) in [4.78, 5) is 12.3. The molecule has 0 saturated heterocycles. The fraction of sp³-hybridized carbons (Fsp3) is 0.562. The monoisotopic (exact) mass is 292 g/mol. The van der Waals surface area contributed by atoms with E-state index in [1.54, 1.807) is 32.4 Å². The van der Waals surface area contributed by atoms with Gasteiger partial charge in [-0.15, -0.1) is 0 Å². The zero-order valence-electron chi connectivity index (χ0n) is 12.7. The van der Waals surface area contributed by atoms with Crippen LogP contribution in [0.1, 0.15) is 36.0 Å². The molecular formula is C16H24N2O3. The van der Waals surface area contributed by atoms with E-state index in [0.29, 0.717) is 29.5 Å². The van der Waals surface area contributed by atoms with Crippen molar-refractivity contribution in [3.63, 3.8) is 0 Å². The second-order valence-electron chi connectivity index (χ2n) is 5.52. The van der Waals surface area contributed by atoms with E-state index in [4.69, 9.17) is 15.2 Å². The molecule has 2 rings (SSSR count). The van der Waals surface area contributed by atoms with Crippen LogP contribution in [0.2, 0.25) is 0 Å². The number of rotatable bonds is 5. The topological polar surface area (TPSA) is 73.6 Å². The third-order valence-corrected chi connectivity index (χ3v) is 4.11. The molecule has 2 unspecified atom stereocenters. The van der Waals surface area contributed by atoms with Gasteiger partial charge in [-0.3, -0.25) is 4.79 Å². The molecule has 1 aliphatic carbocycles. The van der Waals surface area contributed by atoms with Gasteiger partial charge in [0, 0.05) is 24.2 Å². The van der Waals surface area contributed by atoms with Crippen LogP contribution < -0.4 is 20.5 Å². The van der Waals surface area contributed by atoms with Crippen LogP contribution >= 0.6 is 0 Å². The molecule has 1 aromatic rings. The van der Waals surface area contributed by atoms with E-state index in [1.807, 2.05) is 0 Å². The van der Waals surface area contributed by atoms with Crippen LogP contribution in [0.15, 0.2) is 18.2 Å². The highest BCUT2D eigenvalue weighted by atomic mass is 16.5. The molecule has 1 aromatic carbocycles. The summed E-state index contributed by atoms with van der Waals surface area (Å²) in [5.41, 5.74) is 6.64. The highest BCUT2D eigenvalue weighted by molar-refractivity contribution is 5.95. The molecule has 5 heteroatoms. The van der Waals surface area contributed by atoms with Crippen molar-refractivity contribution in [1.82, 2.24) is 5.32 Å². The molecule has 3 N–H and O–H groups in total. The molecule has 0 aliphatic heterocycles. The van der Waals surface area contributed by atoms with Crippen LogP contribution in [0.3, 0.4) is 0 Å². The Hall–Kier alpha value is -1.75. The molecule has 21 heavy (non-hydrogen) atoms. The Balaban J connectivity index is 1.99. The lowest BCUT2D eigenvalue weighted by Gasteiger charge is -2.28. The summed E-state index contributed by atoms with van der Waals surface area (Å²) in [6.07, 6.45) is 4.52. The summed E-state index contributed by atoms with van der Waals surface area (Å²) >= 11 is 0. The first-order valence-corrected chi connectivity index (χ1v) is 7.41. The van der Waals surface area contributed by atoms with Gasteiger partial charge in [0.2, 0.25) is 0 Å². The van der Waals surface area contributed by atoms with Crippen LogP contribution in [0.25, 0.3) is 0 Å². The van der Waals surface area contributed by atoms with Crippen molar-refractivity contribution in [3.05, 3.63) is 23.8 Å². The largest absolute Gasteiger partial charge is 0.497 e. The second kappa shape index (κ2) is 7.31. The number of nitrogens with two attached hydrogens (primary N) is 1. The average molecular weight is 292 g/mol. The molecule has 0 heterocycles. The predicted molar refractivity (Wildman–Crippen MR) is 81.8 cm³/mol. The van der Waals surface area contributed by atoms with Crippen molar-refractivity contribution in [2.24, 2.45) is 11.7 Å². The average Bonchev–Trinajstić information content (AvgIpc) is 2.53.